The smallest absolute Gasteiger partial charge is 0.140 e. The largest absolute Gasteiger partial charge is 0.369 e. The molecule has 2 aliphatic carbocycles. The summed E-state index contributed by atoms with van der Waals surface area (Å²) in [7, 11) is 0. The van der Waals surface area contributed by atoms with Crippen molar-refractivity contribution >= 4 is 23.1 Å². The molecule has 23 heavy (non-hydrogen) atoms. The highest BCUT2D eigenvalue weighted by molar-refractivity contribution is 6.30. The van der Waals surface area contributed by atoms with Crippen molar-refractivity contribution in [2.75, 3.05) is 31.1 Å². The number of Topliss-reactive ketones (excluding diaryl/α,β-unsaturated/α-hetero) is 1. The zero-order chi connectivity index (χ0) is 15.8. The number of nitrogens with zero attached hydrogens (tertiary/aromatic N) is 2. The summed E-state index contributed by atoms with van der Waals surface area (Å²) in [5, 5.41) is 0.802. The maximum atomic E-state index is 12.5. The summed E-state index contributed by atoms with van der Waals surface area (Å²) < 4.78 is 0. The van der Waals surface area contributed by atoms with Crippen molar-refractivity contribution in [3.05, 3.63) is 29.3 Å². The molecular weight excluding hydrogens is 308 g/mol. The predicted molar refractivity (Wildman–Crippen MR) is 94.1 cm³/mol. The molecule has 1 aromatic carbocycles. The normalized spacial score (nSPS) is 32.1. The fraction of sp³-hybridized carbons (Fsp3) is 0.632. The Hall–Kier alpha value is -1.06. The molecule has 3 aliphatic rings. The van der Waals surface area contributed by atoms with Crippen LogP contribution in [-0.4, -0.2) is 42.9 Å². The van der Waals surface area contributed by atoms with Crippen LogP contribution in [0.5, 0.6) is 0 Å². The molecule has 124 valence electrons. The molecule has 0 radical (unpaired) electrons. The van der Waals surface area contributed by atoms with Gasteiger partial charge in [-0.05, 0) is 43.9 Å². The van der Waals surface area contributed by atoms with Gasteiger partial charge in [-0.3, -0.25) is 9.69 Å². The number of piperazine rings is 1. The number of rotatable bonds is 2. The number of carbonyl (C=O) groups is 1. The van der Waals surface area contributed by atoms with Crippen LogP contribution < -0.4 is 4.90 Å². The van der Waals surface area contributed by atoms with E-state index >= 15 is 0 Å². The van der Waals surface area contributed by atoms with Crippen molar-refractivity contribution < 1.29 is 4.79 Å². The van der Waals surface area contributed by atoms with Crippen molar-refractivity contribution in [2.24, 2.45) is 11.8 Å². The molecule has 0 spiro atoms. The molecule has 1 aromatic rings. The Morgan fingerprint density at radius 2 is 1.83 bits per heavy atom. The number of fused-ring (bicyclic) bond motifs is 2. The summed E-state index contributed by atoms with van der Waals surface area (Å²) >= 11 is 6.11. The summed E-state index contributed by atoms with van der Waals surface area (Å²) in [5.41, 5.74) is 1.22. The molecule has 0 aromatic heterocycles. The van der Waals surface area contributed by atoms with Gasteiger partial charge < -0.3 is 4.90 Å². The van der Waals surface area contributed by atoms with E-state index in [1.807, 2.05) is 18.2 Å². The average molecular weight is 333 g/mol. The van der Waals surface area contributed by atoms with Crippen molar-refractivity contribution in [3.8, 4) is 0 Å². The van der Waals surface area contributed by atoms with E-state index in [0.29, 0.717) is 23.7 Å². The molecule has 3 atom stereocenters. The second-order valence-electron chi connectivity index (χ2n) is 7.28. The number of hydrogen-bond donors (Lipinski definition) is 0. The second kappa shape index (κ2) is 6.45. The van der Waals surface area contributed by atoms with E-state index in [-0.39, 0.29) is 0 Å². The number of carbonyl (C=O) groups excluding carboxylic acids is 1. The van der Waals surface area contributed by atoms with E-state index < -0.39 is 0 Å². The lowest BCUT2D eigenvalue weighted by Crippen LogP contribution is -2.56. The first-order valence-electron chi connectivity index (χ1n) is 9.00. The van der Waals surface area contributed by atoms with E-state index in [9.17, 15) is 4.79 Å². The van der Waals surface area contributed by atoms with Crippen LogP contribution in [0, 0.1) is 11.8 Å². The zero-order valence-electron chi connectivity index (χ0n) is 13.6. The van der Waals surface area contributed by atoms with Gasteiger partial charge in [-0.25, -0.2) is 0 Å². The number of anilines is 1. The van der Waals surface area contributed by atoms with Crippen LogP contribution in [0.4, 0.5) is 5.69 Å². The molecule has 4 rings (SSSR count). The third-order valence-electron chi connectivity index (χ3n) is 6.07. The maximum Gasteiger partial charge on any atom is 0.140 e. The first-order chi connectivity index (χ1) is 11.2. The Kier molecular flexibility index (Phi) is 4.33. The lowest BCUT2D eigenvalue weighted by Gasteiger charge is -2.47. The van der Waals surface area contributed by atoms with Crippen LogP contribution in [0.25, 0.3) is 0 Å². The molecule has 2 saturated carbocycles. The molecule has 0 amide bonds. The fourth-order valence-corrected chi connectivity index (χ4v) is 5.02. The van der Waals surface area contributed by atoms with Gasteiger partial charge in [-0.1, -0.05) is 24.1 Å². The van der Waals surface area contributed by atoms with Crippen molar-refractivity contribution in [2.45, 2.75) is 38.1 Å². The first kappa shape index (κ1) is 15.5. The SMILES string of the molecule is O=C1C2CCCC1C(N1CCN(c3cccc(Cl)c3)CC1)CC2. The second-order valence-corrected chi connectivity index (χ2v) is 7.72. The molecule has 1 saturated heterocycles. The Bertz CT molecular complexity index is 582. The number of halogens is 1. The Morgan fingerprint density at radius 3 is 2.61 bits per heavy atom. The van der Waals surface area contributed by atoms with E-state index in [1.165, 1.54) is 18.5 Å². The van der Waals surface area contributed by atoms with E-state index in [1.54, 1.807) is 0 Å². The summed E-state index contributed by atoms with van der Waals surface area (Å²) in [6, 6.07) is 8.63. The van der Waals surface area contributed by atoms with Gasteiger partial charge in [0, 0.05) is 54.8 Å². The zero-order valence-corrected chi connectivity index (χ0v) is 14.3. The van der Waals surface area contributed by atoms with Crippen molar-refractivity contribution in [3.63, 3.8) is 0 Å². The van der Waals surface area contributed by atoms with E-state index in [0.717, 1.165) is 50.5 Å². The molecule has 2 bridgehead atoms. The highest BCUT2D eigenvalue weighted by atomic mass is 35.5. The Morgan fingerprint density at radius 1 is 1.00 bits per heavy atom. The topological polar surface area (TPSA) is 23.6 Å². The van der Waals surface area contributed by atoms with Crippen LogP contribution in [0.1, 0.15) is 32.1 Å². The number of benzene rings is 1. The minimum absolute atomic E-state index is 0.320. The van der Waals surface area contributed by atoms with Gasteiger partial charge in [-0.2, -0.15) is 0 Å². The van der Waals surface area contributed by atoms with Gasteiger partial charge in [0.25, 0.3) is 0 Å². The van der Waals surface area contributed by atoms with E-state index in [4.69, 9.17) is 11.6 Å². The molecule has 3 fully saturated rings. The van der Waals surface area contributed by atoms with Gasteiger partial charge in [0.05, 0.1) is 0 Å². The number of ketones is 1. The molecule has 1 heterocycles. The van der Waals surface area contributed by atoms with E-state index in [2.05, 4.69) is 15.9 Å². The summed E-state index contributed by atoms with van der Waals surface area (Å²) in [4.78, 5) is 17.5. The minimum Gasteiger partial charge on any atom is -0.369 e. The van der Waals surface area contributed by atoms with Gasteiger partial charge in [-0.15, -0.1) is 0 Å². The Labute approximate surface area is 143 Å². The van der Waals surface area contributed by atoms with Crippen LogP contribution in [0.3, 0.4) is 0 Å². The maximum absolute atomic E-state index is 12.5. The van der Waals surface area contributed by atoms with Crippen LogP contribution in [0.2, 0.25) is 5.02 Å². The third kappa shape index (κ3) is 3.01. The third-order valence-corrected chi connectivity index (χ3v) is 6.30. The summed E-state index contributed by atoms with van der Waals surface area (Å²) in [5.74, 6) is 1.28. The molecule has 4 heteroatoms. The van der Waals surface area contributed by atoms with Gasteiger partial charge >= 0.3 is 0 Å². The monoisotopic (exact) mass is 332 g/mol. The summed E-state index contributed by atoms with van der Waals surface area (Å²) in [6.45, 7) is 4.18. The van der Waals surface area contributed by atoms with Crippen LogP contribution in [-0.2, 0) is 4.79 Å². The van der Waals surface area contributed by atoms with Crippen LogP contribution >= 0.6 is 11.6 Å². The summed E-state index contributed by atoms with van der Waals surface area (Å²) in [6.07, 6.45) is 5.85. The molecule has 3 unspecified atom stereocenters. The Balaban J connectivity index is 1.40. The van der Waals surface area contributed by atoms with Gasteiger partial charge in [0.1, 0.15) is 5.78 Å². The van der Waals surface area contributed by atoms with Crippen molar-refractivity contribution in [1.29, 1.82) is 0 Å². The quantitative estimate of drug-likeness (QED) is 0.826. The van der Waals surface area contributed by atoms with Crippen molar-refractivity contribution in [1.82, 2.24) is 4.90 Å². The lowest BCUT2D eigenvalue weighted by molar-refractivity contribution is -0.135. The van der Waals surface area contributed by atoms with Gasteiger partial charge in [0.15, 0.2) is 0 Å². The molecular formula is C19H25ClN2O. The number of hydrogen-bond acceptors (Lipinski definition) is 3. The van der Waals surface area contributed by atoms with Crippen LogP contribution in [0.15, 0.2) is 24.3 Å². The molecule has 0 N–H and O–H groups in total. The minimum atomic E-state index is 0.320. The highest BCUT2D eigenvalue weighted by Crippen LogP contribution is 2.39. The molecule has 3 nitrogen and oxygen atoms in total. The standard InChI is InChI=1S/C19H25ClN2O/c20-15-4-2-5-16(13-15)21-9-11-22(12-10-21)18-8-7-14-3-1-6-17(18)19(14)23/h2,4-5,13-14,17-18H,1,3,6-12H2. The highest BCUT2D eigenvalue weighted by Gasteiger charge is 2.43. The lowest BCUT2D eigenvalue weighted by atomic mass is 9.68. The average Bonchev–Trinajstić information content (AvgIpc) is 2.55. The van der Waals surface area contributed by atoms with Gasteiger partial charge in [0.2, 0.25) is 0 Å². The fourth-order valence-electron chi connectivity index (χ4n) is 4.83. The predicted octanol–water partition coefficient (Wildman–Crippen LogP) is 3.61. The molecule has 1 aliphatic heterocycles. The first-order valence-corrected chi connectivity index (χ1v) is 9.38.